The molecule has 0 N–H and O–H groups in total. The highest BCUT2D eigenvalue weighted by Crippen LogP contribution is 2.39. The van der Waals surface area contributed by atoms with Crippen molar-refractivity contribution in [2.75, 3.05) is 6.54 Å². The topological polar surface area (TPSA) is 123 Å². The Morgan fingerprint density at radius 1 is 1.06 bits per heavy atom. The number of carbonyl (C=O) groups excluding carboxylic acids is 2. The molecule has 0 saturated carbocycles. The molecular formula is C37H64N4O5SSi2. The normalized spacial score (nSPS) is 15.8. The monoisotopic (exact) mass is 732 g/mol. The van der Waals surface area contributed by atoms with Gasteiger partial charge < -0.3 is 13.6 Å². The Morgan fingerprint density at radius 2 is 1.61 bits per heavy atom. The maximum atomic E-state index is 14.8. The number of ether oxygens (including phenoxy) is 1. The lowest BCUT2D eigenvalue weighted by Gasteiger charge is -2.44. The third-order valence-corrected chi connectivity index (χ3v) is 20.8. The van der Waals surface area contributed by atoms with Gasteiger partial charge in [-0.2, -0.15) is 0 Å². The zero-order chi connectivity index (χ0) is 37.4. The SMILES string of the molecule is C#CC[C@H](OC(=O)C[C@H](O[Si](CC)(CC)CC)C(C)(C)C(=O)[C@H](C)[C@@H](O[Si](CC)(CC)CC)[C@@H](C)CCN=[N+]=[N-])/C(C)=C/c1csc(C)n1. The van der Waals surface area contributed by atoms with Gasteiger partial charge in [-0.1, -0.05) is 74.4 Å². The van der Waals surface area contributed by atoms with Crippen molar-refractivity contribution in [3.8, 4) is 12.3 Å². The van der Waals surface area contributed by atoms with E-state index in [-0.39, 0.29) is 30.6 Å². The second-order valence-corrected chi connectivity index (χ2v) is 24.6. The maximum absolute atomic E-state index is 14.8. The number of azide groups is 1. The molecule has 0 unspecified atom stereocenters. The van der Waals surface area contributed by atoms with Crippen LogP contribution in [0.3, 0.4) is 0 Å². The maximum Gasteiger partial charge on any atom is 0.309 e. The van der Waals surface area contributed by atoms with Crippen molar-refractivity contribution in [1.82, 2.24) is 4.98 Å². The fourth-order valence-electron chi connectivity index (χ4n) is 6.64. The first-order valence-electron chi connectivity index (χ1n) is 18.2. The predicted molar refractivity (Wildman–Crippen MR) is 208 cm³/mol. The van der Waals surface area contributed by atoms with E-state index in [1.165, 1.54) is 0 Å². The largest absolute Gasteiger partial charge is 0.457 e. The average Bonchev–Trinajstić information content (AvgIpc) is 3.50. The quantitative estimate of drug-likeness (QED) is 0.0260. The highest BCUT2D eigenvalue weighted by atomic mass is 32.1. The lowest BCUT2D eigenvalue weighted by atomic mass is 9.73. The van der Waals surface area contributed by atoms with Gasteiger partial charge in [0.25, 0.3) is 0 Å². The second-order valence-electron chi connectivity index (χ2n) is 14.0. The van der Waals surface area contributed by atoms with Crippen LogP contribution in [0, 0.1) is 36.5 Å². The van der Waals surface area contributed by atoms with Crippen LogP contribution in [0.25, 0.3) is 16.5 Å². The van der Waals surface area contributed by atoms with E-state index >= 15 is 0 Å². The Kier molecular flexibility index (Phi) is 19.3. The van der Waals surface area contributed by atoms with Crippen LogP contribution in [-0.2, 0) is 23.2 Å². The highest BCUT2D eigenvalue weighted by Gasteiger charge is 2.48. The number of esters is 1. The van der Waals surface area contributed by atoms with Crippen LogP contribution in [0.4, 0.5) is 0 Å². The Hall–Kier alpha value is -2.27. The van der Waals surface area contributed by atoms with Crippen molar-refractivity contribution in [3.63, 3.8) is 0 Å². The van der Waals surface area contributed by atoms with Crippen LogP contribution >= 0.6 is 11.3 Å². The third-order valence-electron chi connectivity index (χ3n) is 10.7. The molecule has 1 rings (SSSR count). The van der Waals surface area contributed by atoms with Crippen molar-refractivity contribution >= 4 is 45.8 Å². The zero-order valence-corrected chi connectivity index (χ0v) is 35.2. The van der Waals surface area contributed by atoms with E-state index in [1.807, 2.05) is 46.1 Å². The first-order chi connectivity index (χ1) is 23.1. The number of hydrogen-bond donors (Lipinski definition) is 0. The Morgan fingerprint density at radius 3 is 2.08 bits per heavy atom. The molecule has 0 aliphatic carbocycles. The summed E-state index contributed by atoms with van der Waals surface area (Å²) in [5, 5.41) is 6.68. The van der Waals surface area contributed by atoms with E-state index in [0.717, 1.165) is 52.5 Å². The summed E-state index contributed by atoms with van der Waals surface area (Å²) in [5.41, 5.74) is 9.49. The molecule has 1 aromatic rings. The number of nitrogens with zero attached hydrogens (tertiary/aromatic N) is 4. The molecular weight excluding hydrogens is 669 g/mol. The minimum absolute atomic E-state index is 0.00138. The molecule has 49 heavy (non-hydrogen) atoms. The summed E-state index contributed by atoms with van der Waals surface area (Å²) < 4.78 is 20.2. The molecule has 0 bridgehead atoms. The van der Waals surface area contributed by atoms with Gasteiger partial charge in [-0.05, 0) is 79.6 Å². The fourth-order valence-corrected chi connectivity index (χ4v) is 13.2. The van der Waals surface area contributed by atoms with Crippen molar-refractivity contribution < 1.29 is 23.2 Å². The van der Waals surface area contributed by atoms with Crippen LogP contribution < -0.4 is 0 Å². The number of ketones is 1. The van der Waals surface area contributed by atoms with Crippen molar-refractivity contribution in [2.24, 2.45) is 22.4 Å². The lowest BCUT2D eigenvalue weighted by Crippen LogP contribution is -2.53. The number of hydrogen-bond acceptors (Lipinski definition) is 8. The summed E-state index contributed by atoms with van der Waals surface area (Å²) in [6.45, 7) is 25.0. The Balaban J connectivity index is 3.56. The van der Waals surface area contributed by atoms with Crippen molar-refractivity contribution in [3.05, 3.63) is 32.1 Å². The standard InChI is InChI=1S/C37H64N4O5SSi2/c1-14-21-32(28(9)24-31-26-47-30(11)40-31)44-34(42)25-33(45-48(15-2,16-3)17-4)37(12,13)36(43)29(10)35(27(8)22-23-39-41-38)46-49(18-5,19-6)20-7/h1,24,26-27,29,32-33,35H,15-23,25H2,2-13H3/b28-24+/t27-,29+,32-,33-,35-/m0/s1. The minimum Gasteiger partial charge on any atom is -0.457 e. The molecule has 0 amide bonds. The van der Waals surface area contributed by atoms with Gasteiger partial charge in [0.1, 0.15) is 11.9 Å². The summed E-state index contributed by atoms with van der Waals surface area (Å²) in [4.78, 5) is 36.1. The van der Waals surface area contributed by atoms with Gasteiger partial charge in [0, 0.05) is 34.6 Å². The van der Waals surface area contributed by atoms with Gasteiger partial charge in [0.15, 0.2) is 16.6 Å². The van der Waals surface area contributed by atoms with Crippen LogP contribution in [0.2, 0.25) is 36.3 Å². The number of aromatic nitrogens is 1. The van der Waals surface area contributed by atoms with Gasteiger partial charge in [-0.3, -0.25) is 9.59 Å². The Bertz CT molecular complexity index is 1300. The minimum atomic E-state index is -2.27. The summed E-state index contributed by atoms with van der Waals surface area (Å²) >= 11 is 1.55. The number of aryl methyl sites for hydroxylation is 1. The third kappa shape index (κ3) is 12.8. The molecule has 0 saturated heterocycles. The van der Waals surface area contributed by atoms with E-state index in [0.29, 0.717) is 13.0 Å². The molecule has 1 heterocycles. The van der Waals surface area contributed by atoms with Crippen molar-refractivity contribution in [2.45, 2.75) is 157 Å². The average molecular weight is 733 g/mol. The molecule has 276 valence electrons. The van der Waals surface area contributed by atoms with Gasteiger partial charge in [0.2, 0.25) is 0 Å². The molecule has 0 aliphatic rings. The summed E-state index contributed by atoms with van der Waals surface area (Å²) in [7, 11) is -4.38. The summed E-state index contributed by atoms with van der Waals surface area (Å²) in [6.07, 6.45) is 6.72. The van der Waals surface area contributed by atoms with Crippen LogP contribution in [0.15, 0.2) is 16.1 Å². The van der Waals surface area contributed by atoms with E-state index in [4.69, 9.17) is 25.5 Å². The van der Waals surface area contributed by atoms with Crippen LogP contribution in [0.1, 0.15) is 106 Å². The van der Waals surface area contributed by atoms with Crippen LogP contribution in [-0.4, -0.2) is 58.2 Å². The van der Waals surface area contributed by atoms with E-state index < -0.39 is 46.1 Å². The van der Waals surface area contributed by atoms with Gasteiger partial charge in [-0.15, -0.1) is 23.7 Å². The Labute approximate surface area is 303 Å². The van der Waals surface area contributed by atoms with E-state index in [9.17, 15) is 9.59 Å². The van der Waals surface area contributed by atoms with E-state index in [2.05, 4.69) is 69.4 Å². The molecule has 5 atom stereocenters. The van der Waals surface area contributed by atoms with Crippen LogP contribution in [0.5, 0.6) is 0 Å². The molecule has 0 spiro atoms. The van der Waals surface area contributed by atoms with Gasteiger partial charge in [-0.25, -0.2) is 4.98 Å². The molecule has 0 aromatic carbocycles. The molecule has 9 nitrogen and oxygen atoms in total. The fraction of sp³-hybridized carbons (Fsp3) is 0.757. The first-order valence-corrected chi connectivity index (χ1v) is 24.2. The number of rotatable bonds is 24. The number of Topliss-reactive ketones (excluding diaryl/α,β-unsaturated/α-hetero) is 1. The molecule has 0 radical (unpaired) electrons. The lowest BCUT2D eigenvalue weighted by molar-refractivity contribution is -0.153. The summed E-state index contributed by atoms with van der Waals surface area (Å²) in [6, 6.07) is 5.48. The highest BCUT2D eigenvalue weighted by molar-refractivity contribution is 7.09. The number of carbonyl (C=O) groups is 2. The van der Waals surface area contributed by atoms with Crippen molar-refractivity contribution in [1.29, 1.82) is 0 Å². The molecule has 0 aliphatic heterocycles. The molecule has 0 fully saturated rings. The smallest absolute Gasteiger partial charge is 0.309 e. The van der Waals surface area contributed by atoms with Gasteiger partial charge >= 0.3 is 5.97 Å². The number of thiazole rings is 1. The van der Waals surface area contributed by atoms with Gasteiger partial charge in [0.05, 0.1) is 29.3 Å². The number of terminal acetylenes is 1. The zero-order valence-electron chi connectivity index (χ0n) is 32.4. The second kappa shape index (κ2) is 21.2. The summed E-state index contributed by atoms with van der Waals surface area (Å²) in [5.74, 6) is 1.71. The predicted octanol–water partition coefficient (Wildman–Crippen LogP) is 10.5. The molecule has 12 heteroatoms. The first kappa shape index (κ1) is 44.8. The van der Waals surface area contributed by atoms with E-state index in [1.54, 1.807) is 11.3 Å². The molecule has 1 aromatic heterocycles.